The van der Waals surface area contributed by atoms with Gasteiger partial charge in [-0.3, -0.25) is 0 Å². The van der Waals surface area contributed by atoms with Crippen molar-refractivity contribution in [2.45, 2.75) is 36.6 Å². The van der Waals surface area contributed by atoms with Crippen molar-refractivity contribution in [2.75, 3.05) is 5.75 Å². The normalized spacial score (nSPS) is 11.9. The van der Waals surface area contributed by atoms with Crippen molar-refractivity contribution in [3.8, 4) is 0 Å². The quantitative estimate of drug-likeness (QED) is 0.497. The van der Waals surface area contributed by atoms with Crippen LogP contribution in [0.5, 0.6) is 0 Å². The fraction of sp³-hybridized carbons (Fsp3) is 0.250. The molecule has 0 fully saturated rings. The molecule has 3 aromatic rings. The third kappa shape index (κ3) is 4.43. The Morgan fingerprint density at radius 3 is 2.04 bits per heavy atom. The first-order valence-corrected chi connectivity index (χ1v) is 11.5. The van der Waals surface area contributed by atoms with Crippen LogP contribution in [0.4, 0.5) is 0 Å². The fourth-order valence-corrected chi connectivity index (χ4v) is 5.88. The summed E-state index contributed by atoms with van der Waals surface area (Å²) in [5.41, 5.74) is 1.39. The summed E-state index contributed by atoms with van der Waals surface area (Å²) in [7, 11) is -7.77. The average molecular weight is 495 g/mol. The van der Waals surface area contributed by atoms with Crippen molar-refractivity contribution in [1.29, 1.82) is 0 Å². The molecule has 149 valence electrons. The van der Waals surface area contributed by atoms with Crippen LogP contribution in [0.15, 0.2) is 64.5 Å². The number of hydrogen-bond donors (Lipinski definition) is 0. The molecular weight excluding hydrogens is 471 g/mol. The number of nitrogens with zero attached hydrogens (tertiary/aromatic N) is 1. The minimum absolute atomic E-state index is 0. The van der Waals surface area contributed by atoms with Gasteiger partial charge in [-0.15, -0.1) is 0 Å². The molecule has 0 aliphatic rings. The second-order valence-electron chi connectivity index (χ2n) is 6.43. The molecule has 1 radical (unpaired) electrons. The Kier molecular flexibility index (Phi) is 8.22. The number of fused-ring (bicyclic) bond motifs is 1. The van der Waals surface area contributed by atoms with E-state index in [0.717, 1.165) is 9.54 Å². The third-order valence-corrected chi connectivity index (χ3v) is 7.95. The molecule has 5 nitrogen and oxygen atoms in total. The molecule has 0 aliphatic carbocycles. The van der Waals surface area contributed by atoms with Gasteiger partial charge in [-0.25, -0.2) is 20.8 Å². The first kappa shape index (κ1) is 25.0. The van der Waals surface area contributed by atoms with Crippen molar-refractivity contribution in [3.05, 3.63) is 67.6 Å². The summed E-state index contributed by atoms with van der Waals surface area (Å²) in [4.78, 5) is 0.0808. The van der Waals surface area contributed by atoms with Gasteiger partial charge in [0, 0.05) is 38.1 Å². The van der Waals surface area contributed by atoms with Crippen molar-refractivity contribution >= 4 is 30.8 Å². The maximum atomic E-state index is 13.2. The van der Waals surface area contributed by atoms with Gasteiger partial charge in [0.2, 0.25) is 19.9 Å². The zero-order valence-electron chi connectivity index (χ0n) is 16.5. The Hall–Kier alpha value is -1.02. The number of hydrogen-bond acceptors (Lipinski definition) is 4. The first-order valence-electron chi connectivity index (χ1n) is 8.37. The van der Waals surface area contributed by atoms with Gasteiger partial charge >= 0.3 is 0 Å². The SMILES string of the molecule is CCS(=O)(=O)n1c(S(=O)(=O)c2ccc(C(C)C)cc2)cc2ccccc21.[CH3-].[Y]. The molecule has 1 aromatic heterocycles. The molecule has 8 heteroatoms. The fourth-order valence-electron chi connectivity index (χ4n) is 2.86. The van der Waals surface area contributed by atoms with Crippen LogP contribution in [-0.2, 0) is 52.6 Å². The second kappa shape index (κ2) is 9.20. The first-order chi connectivity index (χ1) is 12.2. The summed E-state index contributed by atoms with van der Waals surface area (Å²) in [6, 6.07) is 14.8. The van der Waals surface area contributed by atoms with E-state index >= 15 is 0 Å². The molecule has 0 spiro atoms. The molecule has 0 N–H and O–H groups in total. The van der Waals surface area contributed by atoms with Gasteiger partial charge in [-0.2, -0.15) is 0 Å². The van der Waals surface area contributed by atoms with Crippen molar-refractivity contribution in [3.63, 3.8) is 0 Å². The standard InChI is InChI=1S/C19H21NO4S2.CH3.Y/c1-4-25(21,22)20-18-8-6-5-7-16(18)13-19(20)26(23,24)17-11-9-15(10-12-17)14(2)3;;/h5-14H,4H2,1-3H3;1H3;/q;-1;. The molecule has 0 amide bonds. The van der Waals surface area contributed by atoms with Crippen molar-refractivity contribution < 1.29 is 49.5 Å². The van der Waals surface area contributed by atoms with Gasteiger partial charge in [0.25, 0.3) is 0 Å². The van der Waals surface area contributed by atoms with Crippen LogP contribution in [-0.4, -0.2) is 26.6 Å². The van der Waals surface area contributed by atoms with E-state index in [2.05, 4.69) is 0 Å². The summed E-state index contributed by atoms with van der Waals surface area (Å²) in [6.07, 6.45) is 0. The van der Waals surface area contributed by atoms with Crippen LogP contribution in [0, 0.1) is 7.43 Å². The molecule has 1 heterocycles. The number of benzene rings is 2. The third-order valence-electron chi connectivity index (χ3n) is 4.41. The predicted octanol–water partition coefficient (Wildman–Crippen LogP) is 4.24. The summed E-state index contributed by atoms with van der Waals surface area (Å²) < 4.78 is 52.6. The Morgan fingerprint density at radius 2 is 1.50 bits per heavy atom. The summed E-state index contributed by atoms with van der Waals surface area (Å²) in [5, 5.41) is 0.347. The summed E-state index contributed by atoms with van der Waals surface area (Å²) in [6.45, 7) is 5.54. The van der Waals surface area contributed by atoms with Crippen molar-refractivity contribution in [1.82, 2.24) is 3.97 Å². The van der Waals surface area contributed by atoms with Gasteiger partial charge in [0.05, 0.1) is 16.2 Å². The molecule has 0 atom stereocenters. The van der Waals surface area contributed by atoms with E-state index in [1.54, 1.807) is 36.4 Å². The Bertz CT molecular complexity index is 1160. The van der Waals surface area contributed by atoms with Crippen LogP contribution >= 0.6 is 0 Å². The molecule has 0 saturated carbocycles. The summed E-state index contributed by atoms with van der Waals surface area (Å²) >= 11 is 0. The molecule has 0 bridgehead atoms. The number of aromatic nitrogens is 1. The van der Waals surface area contributed by atoms with Crippen molar-refractivity contribution in [2.24, 2.45) is 0 Å². The topological polar surface area (TPSA) is 73.2 Å². The van der Waals surface area contributed by atoms with Gasteiger partial charge in [0.1, 0.15) is 0 Å². The van der Waals surface area contributed by atoms with Crippen LogP contribution in [0.3, 0.4) is 0 Å². The molecule has 2 aromatic carbocycles. The van der Waals surface area contributed by atoms with E-state index in [1.807, 2.05) is 13.8 Å². The Balaban J connectivity index is 0.00000196. The molecule has 28 heavy (non-hydrogen) atoms. The maximum Gasteiger partial charge on any atom is 0.239 e. The number of sulfone groups is 1. The summed E-state index contributed by atoms with van der Waals surface area (Å²) in [5.74, 6) is 0.0826. The number of rotatable bonds is 5. The Morgan fingerprint density at radius 1 is 0.929 bits per heavy atom. The van der Waals surface area contributed by atoms with E-state index in [-0.39, 0.29) is 61.7 Å². The smallest absolute Gasteiger partial charge is 0.239 e. The Labute approximate surface area is 193 Å². The van der Waals surface area contributed by atoms with E-state index < -0.39 is 19.9 Å². The van der Waals surface area contributed by atoms with E-state index in [0.29, 0.717) is 10.9 Å². The molecule has 0 saturated heterocycles. The molecule has 3 rings (SSSR count). The van der Waals surface area contributed by atoms with E-state index in [4.69, 9.17) is 0 Å². The largest absolute Gasteiger partial charge is 0.358 e. The minimum Gasteiger partial charge on any atom is -0.358 e. The van der Waals surface area contributed by atoms with E-state index in [9.17, 15) is 16.8 Å². The van der Waals surface area contributed by atoms with E-state index in [1.165, 1.54) is 25.1 Å². The monoisotopic (exact) mass is 495 g/mol. The van der Waals surface area contributed by atoms with Crippen LogP contribution in [0.25, 0.3) is 10.9 Å². The molecule has 0 unspecified atom stereocenters. The van der Waals surface area contributed by atoms with Gasteiger partial charge < -0.3 is 7.43 Å². The van der Waals surface area contributed by atoms with Gasteiger partial charge in [-0.05, 0) is 42.7 Å². The van der Waals surface area contributed by atoms with Crippen LogP contribution in [0.1, 0.15) is 32.3 Å². The molecule has 0 aliphatic heterocycles. The average Bonchev–Trinajstić information content (AvgIpc) is 3.03. The second-order valence-corrected chi connectivity index (χ2v) is 10.4. The van der Waals surface area contributed by atoms with Gasteiger partial charge in [-0.1, -0.05) is 44.2 Å². The predicted molar refractivity (Wildman–Crippen MR) is 109 cm³/mol. The van der Waals surface area contributed by atoms with Crippen LogP contribution in [0.2, 0.25) is 0 Å². The van der Waals surface area contributed by atoms with Gasteiger partial charge in [0.15, 0.2) is 5.03 Å². The zero-order chi connectivity index (χ0) is 19.1. The zero-order valence-corrected chi connectivity index (χ0v) is 20.9. The maximum absolute atomic E-state index is 13.2. The minimum atomic E-state index is -3.98. The van der Waals surface area contributed by atoms with Crippen LogP contribution < -0.4 is 0 Å². The molecular formula is C20H24NO4S2Y-. The number of para-hydroxylation sites is 1.